The van der Waals surface area contributed by atoms with Gasteiger partial charge in [-0.2, -0.15) is 5.10 Å². The fourth-order valence-corrected chi connectivity index (χ4v) is 4.35. The monoisotopic (exact) mass is 517 g/mol. The summed E-state index contributed by atoms with van der Waals surface area (Å²) < 4.78 is 28.8. The molecule has 0 bridgehead atoms. The van der Waals surface area contributed by atoms with Gasteiger partial charge in [-0.25, -0.2) is 8.78 Å². The van der Waals surface area contributed by atoms with E-state index in [-0.39, 0.29) is 30.6 Å². The standard InChI is InChI=1S/C15H25FN2O2.C12H12FN3O/c1-10-6-5-9-18(10)12(19)11(14(2,3)4)17-13(20)15(16)7-8-15;1-16-12(11(13)7-15-16)10-4-2-9(3-5-10)6-14-8-17/h10-11H,5-9H2,1-4H3,(H,17,20);2-5,7-8H,6H2,1H3,(H,14,17). The summed E-state index contributed by atoms with van der Waals surface area (Å²) in [6.45, 7) is 8.90. The van der Waals surface area contributed by atoms with E-state index in [0.717, 1.165) is 30.5 Å². The van der Waals surface area contributed by atoms with E-state index >= 15 is 0 Å². The Morgan fingerprint density at radius 1 is 1.24 bits per heavy atom. The fraction of sp³-hybridized carbons (Fsp3) is 0.556. The van der Waals surface area contributed by atoms with Crippen molar-refractivity contribution in [3.8, 4) is 11.3 Å². The number of hydrogen-bond donors (Lipinski definition) is 2. The van der Waals surface area contributed by atoms with Crippen molar-refractivity contribution in [2.24, 2.45) is 12.5 Å². The van der Waals surface area contributed by atoms with Crippen LogP contribution in [0.3, 0.4) is 0 Å². The van der Waals surface area contributed by atoms with Crippen molar-refractivity contribution in [2.45, 2.75) is 77.7 Å². The first-order valence-corrected chi connectivity index (χ1v) is 12.6. The molecule has 2 atom stereocenters. The fourth-order valence-electron chi connectivity index (χ4n) is 4.35. The zero-order chi connectivity index (χ0) is 27.4. The van der Waals surface area contributed by atoms with Crippen LogP contribution in [0.2, 0.25) is 0 Å². The van der Waals surface area contributed by atoms with Gasteiger partial charge in [0, 0.05) is 31.7 Å². The molecule has 2 unspecified atom stereocenters. The summed E-state index contributed by atoms with van der Waals surface area (Å²) in [6, 6.07) is 6.84. The molecule has 1 saturated heterocycles. The van der Waals surface area contributed by atoms with Gasteiger partial charge in [0.05, 0.1) is 6.20 Å². The maximum absolute atomic E-state index is 13.8. The van der Waals surface area contributed by atoms with E-state index in [4.69, 9.17) is 0 Å². The van der Waals surface area contributed by atoms with Crippen molar-refractivity contribution < 1.29 is 23.2 Å². The van der Waals surface area contributed by atoms with Crippen molar-refractivity contribution in [1.82, 2.24) is 25.3 Å². The zero-order valence-corrected chi connectivity index (χ0v) is 22.2. The van der Waals surface area contributed by atoms with Crippen molar-refractivity contribution in [2.75, 3.05) is 6.54 Å². The van der Waals surface area contributed by atoms with Crippen molar-refractivity contribution in [3.05, 3.63) is 41.8 Å². The van der Waals surface area contributed by atoms with Gasteiger partial charge in [-0.15, -0.1) is 0 Å². The SMILES string of the molecule is CC1CCCN1C(=O)C(NC(=O)C1(F)CC1)C(C)(C)C.Cn1ncc(F)c1-c1ccc(CNC=O)cc1. The lowest BCUT2D eigenvalue weighted by molar-refractivity contribution is -0.141. The number of benzene rings is 1. The van der Waals surface area contributed by atoms with Crippen LogP contribution in [0.4, 0.5) is 8.78 Å². The van der Waals surface area contributed by atoms with Gasteiger partial charge in [0.25, 0.3) is 5.91 Å². The molecule has 2 aromatic rings. The molecule has 10 heteroatoms. The molecule has 2 N–H and O–H groups in total. The topological polar surface area (TPSA) is 96.3 Å². The van der Waals surface area contributed by atoms with Gasteiger partial charge in [-0.05, 0) is 43.6 Å². The summed E-state index contributed by atoms with van der Waals surface area (Å²) in [5.74, 6) is -1.05. The summed E-state index contributed by atoms with van der Waals surface area (Å²) >= 11 is 0. The first kappa shape index (κ1) is 28.3. The minimum absolute atomic E-state index is 0.0832. The minimum Gasteiger partial charge on any atom is -0.355 e. The third-order valence-corrected chi connectivity index (χ3v) is 6.83. The van der Waals surface area contributed by atoms with Crippen LogP contribution in [0, 0.1) is 11.2 Å². The third kappa shape index (κ3) is 6.93. The second-order valence-corrected chi connectivity index (χ2v) is 10.9. The molecule has 1 aromatic carbocycles. The van der Waals surface area contributed by atoms with E-state index in [1.54, 1.807) is 7.05 Å². The summed E-state index contributed by atoms with van der Waals surface area (Å²) in [5.41, 5.74) is 0.0152. The molecule has 1 aliphatic carbocycles. The number of nitrogens with one attached hydrogen (secondary N) is 2. The molecule has 0 radical (unpaired) electrons. The Labute approximate surface area is 216 Å². The van der Waals surface area contributed by atoms with Gasteiger partial charge in [0.2, 0.25) is 12.3 Å². The smallest absolute Gasteiger partial charge is 0.258 e. The highest BCUT2D eigenvalue weighted by atomic mass is 19.1. The third-order valence-electron chi connectivity index (χ3n) is 6.83. The van der Waals surface area contributed by atoms with Gasteiger partial charge in [0.15, 0.2) is 11.5 Å². The lowest BCUT2D eigenvalue weighted by Gasteiger charge is -2.35. The van der Waals surface area contributed by atoms with Crippen molar-refractivity contribution >= 4 is 18.2 Å². The second kappa shape index (κ2) is 11.4. The first-order chi connectivity index (χ1) is 17.4. The highest BCUT2D eigenvalue weighted by Crippen LogP contribution is 2.40. The molecule has 2 aliphatic rings. The van der Waals surface area contributed by atoms with Gasteiger partial charge in [-0.1, -0.05) is 45.0 Å². The zero-order valence-electron chi connectivity index (χ0n) is 22.2. The van der Waals surface area contributed by atoms with E-state index in [1.165, 1.54) is 10.9 Å². The van der Waals surface area contributed by atoms with Gasteiger partial charge in [0.1, 0.15) is 11.7 Å². The average molecular weight is 518 g/mol. The molecular formula is C27H37F2N5O3. The Bertz CT molecular complexity index is 1090. The molecule has 0 spiro atoms. The van der Waals surface area contributed by atoms with Gasteiger partial charge < -0.3 is 15.5 Å². The Morgan fingerprint density at radius 3 is 2.35 bits per heavy atom. The Balaban J connectivity index is 0.000000208. The van der Waals surface area contributed by atoms with Gasteiger partial charge in [-0.3, -0.25) is 19.1 Å². The molecule has 1 aliphatic heterocycles. The molecular weight excluding hydrogens is 480 g/mol. The summed E-state index contributed by atoms with van der Waals surface area (Å²) in [5, 5.41) is 9.07. The van der Waals surface area contributed by atoms with Gasteiger partial charge >= 0.3 is 0 Å². The predicted molar refractivity (Wildman–Crippen MR) is 136 cm³/mol. The molecule has 4 rings (SSSR count). The average Bonchev–Trinajstić information content (AvgIpc) is 3.31. The van der Waals surface area contributed by atoms with E-state index in [2.05, 4.69) is 15.7 Å². The highest BCUT2D eigenvalue weighted by molar-refractivity contribution is 5.93. The molecule has 8 nitrogen and oxygen atoms in total. The Kier molecular flexibility index (Phi) is 8.71. The molecule has 1 aromatic heterocycles. The van der Waals surface area contributed by atoms with E-state index in [1.807, 2.05) is 56.9 Å². The van der Waals surface area contributed by atoms with Crippen LogP contribution in [0.5, 0.6) is 0 Å². The number of amides is 3. The minimum atomic E-state index is -1.74. The number of aromatic nitrogens is 2. The molecule has 37 heavy (non-hydrogen) atoms. The summed E-state index contributed by atoms with van der Waals surface area (Å²) in [7, 11) is 1.69. The Hall–Kier alpha value is -3.30. The van der Waals surface area contributed by atoms with Crippen LogP contribution in [-0.2, 0) is 28.0 Å². The number of nitrogens with zero attached hydrogens (tertiary/aromatic N) is 3. The van der Waals surface area contributed by atoms with Crippen LogP contribution in [0.15, 0.2) is 30.5 Å². The van der Waals surface area contributed by atoms with Crippen LogP contribution in [0.25, 0.3) is 11.3 Å². The van der Waals surface area contributed by atoms with Crippen LogP contribution < -0.4 is 10.6 Å². The number of aryl methyl sites for hydroxylation is 1. The summed E-state index contributed by atoms with van der Waals surface area (Å²) in [4.78, 5) is 36.6. The normalized spacial score (nSPS) is 18.9. The van der Waals surface area contributed by atoms with E-state index < -0.39 is 23.0 Å². The van der Waals surface area contributed by atoms with Crippen molar-refractivity contribution in [1.29, 1.82) is 0 Å². The number of carbonyl (C=O) groups is 3. The summed E-state index contributed by atoms with van der Waals surface area (Å²) in [6.07, 6.45) is 4.36. The van der Waals surface area contributed by atoms with Crippen LogP contribution in [0.1, 0.15) is 58.9 Å². The molecule has 3 amide bonds. The van der Waals surface area contributed by atoms with E-state index in [9.17, 15) is 23.2 Å². The second-order valence-electron chi connectivity index (χ2n) is 10.9. The van der Waals surface area contributed by atoms with Crippen molar-refractivity contribution in [3.63, 3.8) is 0 Å². The molecule has 1 saturated carbocycles. The van der Waals surface area contributed by atoms with E-state index in [0.29, 0.717) is 18.6 Å². The number of likely N-dealkylation sites (tertiary alicyclic amines) is 1. The number of carbonyl (C=O) groups excluding carboxylic acids is 3. The lowest BCUT2D eigenvalue weighted by atomic mass is 9.85. The predicted octanol–water partition coefficient (Wildman–Crippen LogP) is 3.50. The lowest BCUT2D eigenvalue weighted by Crippen LogP contribution is -2.57. The maximum atomic E-state index is 13.8. The number of alkyl halides is 1. The maximum Gasteiger partial charge on any atom is 0.258 e. The Morgan fingerprint density at radius 2 is 1.89 bits per heavy atom. The molecule has 202 valence electrons. The number of rotatable bonds is 7. The quantitative estimate of drug-likeness (QED) is 0.550. The van der Waals surface area contributed by atoms with Crippen LogP contribution in [-0.4, -0.2) is 57.2 Å². The van der Waals surface area contributed by atoms with Crippen LogP contribution >= 0.6 is 0 Å². The molecule has 2 fully saturated rings. The largest absolute Gasteiger partial charge is 0.355 e. The highest BCUT2D eigenvalue weighted by Gasteiger charge is 2.52. The number of halogens is 2. The first-order valence-electron chi connectivity index (χ1n) is 12.6. The molecule has 2 heterocycles. The number of hydrogen-bond acceptors (Lipinski definition) is 4.